The lowest BCUT2D eigenvalue weighted by molar-refractivity contribution is -0.155. The highest BCUT2D eigenvalue weighted by molar-refractivity contribution is 5.97. The molecular formula is C22H24N2O4. The number of nitriles is 1. The number of ether oxygens (including phenoxy) is 2. The Morgan fingerprint density at radius 2 is 1.75 bits per heavy atom. The Bertz CT molecular complexity index is 838. The second-order valence-corrected chi connectivity index (χ2v) is 6.48. The molecule has 2 aromatic rings. The van der Waals surface area contributed by atoms with Crippen molar-refractivity contribution in [2.45, 2.75) is 33.3 Å². The van der Waals surface area contributed by atoms with Crippen LogP contribution in [0.5, 0.6) is 5.75 Å². The molecule has 0 bridgehead atoms. The van der Waals surface area contributed by atoms with Gasteiger partial charge in [0.15, 0.2) is 12.7 Å². The molecule has 0 aliphatic heterocycles. The molecule has 1 amide bonds. The zero-order valence-electron chi connectivity index (χ0n) is 16.3. The number of hydrogen-bond acceptors (Lipinski definition) is 5. The van der Waals surface area contributed by atoms with Crippen molar-refractivity contribution in [3.05, 3.63) is 59.7 Å². The first-order chi connectivity index (χ1) is 13.4. The fourth-order valence-electron chi connectivity index (χ4n) is 2.80. The van der Waals surface area contributed by atoms with Crippen LogP contribution < -0.4 is 9.64 Å². The molecule has 0 fully saturated rings. The van der Waals surface area contributed by atoms with Crippen LogP contribution in [0.3, 0.4) is 0 Å². The van der Waals surface area contributed by atoms with Crippen LogP contribution in [0.15, 0.2) is 48.5 Å². The summed E-state index contributed by atoms with van der Waals surface area (Å²) in [5.41, 5.74) is 2.71. The molecule has 28 heavy (non-hydrogen) atoms. The van der Waals surface area contributed by atoms with E-state index >= 15 is 0 Å². The predicted octanol–water partition coefficient (Wildman–Crippen LogP) is 3.56. The number of anilines is 1. The maximum atomic E-state index is 12.7. The van der Waals surface area contributed by atoms with Gasteiger partial charge < -0.3 is 14.4 Å². The lowest BCUT2D eigenvalue weighted by atomic mass is 10.1. The number of aryl methyl sites for hydroxylation is 2. The summed E-state index contributed by atoms with van der Waals surface area (Å²) in [5.74, 6) is -0.442. The number of carbonyl (C=O) groups excluding carboxylic acids is 2. The van der Waals surface area contributed by atoms with E-state index in [2.05, 4.69) is 0 Å². The third kappa shape index (κ3) is 6.13. The van der Waals surface area contributed by atoms with E-state index in [1.54, 1.807) is 24.3 Å². The fraction of sp³-hybridized carbons (Fsp3) is 0.318. The van der Waals surface area contributed by atoms with Crippen LogP contribution in [0.25, 0.3) is 0 Å². The minimum atomic E-state index is -0.991. The summed E-state index contributed by atoms with van der Waals surface area (Å²) in [5, 5.41) is 8.86. The van der Waals surface area contributed by atoms with Gasteiger partial charge in [-0.15, -0.1) is 0 Å². The number of esters is 1. The van der Waals surface area contributed by atoms with Crippen LogP contribution in [-0.2, 0) is 14.3 Å². The van der Waals surface area contributed by atoms with E-state index in [4.69, 9.17) is 14.7 Å². The van der Waals surface area contributed by atoms with E-state index in [-0.39, 0.29) is 25.5 Å². The van der Waals surface area contributed by atoms with E-state index in [1.807, 2.05) is 44.2 Å². The standard InChI is InChI=1S/C22H24N2O4/c1-16-12-17(2)14-20(13-16)27-15-21(25)28-18(3)22(26)24(11-7-10-23)19-8-5-4-6-9-19/h4-6,8-9,12-14,18H,7,11,15H2,1-3H3. The lowest BCUT2D eigenvalue weighted by Gasteiger charge is -2.25. The summed E-state index contributed by atoms with van der Waals surface area (Å²) in [6.07, 6.45) is -0.814. The maximum absolute atomic E-state index is 12.7. The normalized spacial score (nSPS) is 11.2. The number of rotatable bonds is 8. The second-order valence-electron chi connectivity index (χ2n) is 6.48. The molecule has 6 nitrogen and oxygen atoms in total. The molecule has 0 aliphatic carbocycles. The summed E-state index contributed by atoms with van der Waals surface area (Å²) >= 11 is 0. The van der Waals surface area contributed by atoms with Crippen molar-refractivity contribution in [3.8, 4) is 11.8 Å². The molecule has 0 aliphatic rings. The third-order valence-corrected chi connectivity index (χ3v) is 3.99. The van der Waals surface area contributed by atoms with Crippen LogP contribution in [-0.4, -0.2) is 31.1 Å². The monoisotopic (exact) mass is 380 g/mol. The Kier molecular flexibility index (Phi) is 7.58. The van der Waals surface area contributed by atoms with Crippen LogP contribution in [0.4, 0.5) is 5.69 Å². The van der Waals surface area contributed by atoms with Crippen LogP contribution in [0.1, 0.15) is 24.5 Å². The topological polar surface area (TPSA) is 79.6 Å². The molecule has 1 unspecified atom stereocenters. The van der Waals surface area contributed by atoms with Crippen molar-refractivity contribution in [2.75, 3.05) is 18.1 Å². The maximum Gasteiger partial charge on any atom is 0.344 e. The van der Waals surface area contributed by atoms with Crippen molar-refractivity contribution >= 4 is 17.6 Å². The molecule has 146 valence electrons. The van der Waals surface area contributed by atoms with Gasteiger partial charge in [-0.2, -0.15) is 5.26 Å². The molecule has 6 heteroatoms. The number of nitrogens with zero attached hydrogens (tertiary/aromatic N) is 2. The number of hydrogen-bond donors (Lipinski definition) is 0. The Morgan fingerprint density at radius 1 is 1.11 bits per heavy atom. The zero-order valence-corrected chi connectivity index (χ0v) is 16.3. The summed E-state index contributed by atoms with van der Waals surface area (Å²) in [6, 6.07) is 16.7. The van der Waals surface area contributed by atoms with Gasteiger partial charge in [-0.25, -0.2) is 4.79 Å². The van der Waals surface area contributed by atoms with Gasteiger partial charge in [0.05, 0.1) is 12.5 Å². The van der Waals surface area contributed by atoms with E-state index in [0.717, 1.165) is 11.1 Å². The first-order valence-corrected chi connectivity index (χ1v) is 9.04. The average molecular weight is 380 g/mol. The number of para-hydroxylation sites is 1. The van der Waals surface area contributed by atoms with Gasteiger partial charge in [0.2, 0.25) is 0 Å². The highest BCUT2D eigenvalue weighted by Crippen LogP contribution is 2.17. The van der Waals surface area contributed by atoms with Gasteiger partial charge in [-0.3, -0.25) is 4.79 Å². The van der Waals surface area contributed by atoms with Crippen molar-refractivity contribution in [1.29, 1.82) is 5.26 Å². The smallest absolute Gasteiger partial charge is 0.344 e. The second kappa shape index (κ2) is 10.1. The fourth-order valence-corrected chi connectivity index (χ4v) is 2.80. The van der Waals surface area contributed by atoms with Gasteiger partial charge >= 0.3 is 5.97 Å². The van der Waals surface area contributed by atoms with Crippen molar-refractivity contribution < 1.29 is 19.1 Å². The van der Waals surface area contributed by atoms with Gasteiger partial charge in [-0.1, -0.05) is 24.3 Å². The first-order valence-electron chi connectivity index (χ1n) is 9.04. The number of benzene rings is 2. The Balaban J connectivity index is 1.96. The SMILES string of the molecule is Cc1cc(C)cc(OCC(=O)OC(C)C(=O)N(CCC#N)c2ccccc2)c1. The van der Waals surface area contributed by atoms with Crippen molar-refractivity contribution in [3.63, 3.8) is 0 Å². The van der Waals surface area contributed by atoms with Gasteiger partial charge in [0, 0.05) is 12.2 Å². The molecular weight excluding hydrogens is 356 g/mol. The molecule has 1 atom stereocenters. The molecule has 0 N–H and O–H groups in total. The molecule has 0 heterocycles. The Hall–Kier alpha value is -3.33. The highest BCUT2D eigenvalue weighted by Gasteiger charge is 2.25. The molecule has 0 saturated heterocycles. The van der Waals surface area contributed by atoms with Crippen LogP contribution in [0.2, 0.25) is 0 Å². The highest BCUT2D eigenvalue weighted by atomic mass is 16.6. The van der Waals surface area contributed by atoms with E-state index in [1.165, 1.54) is 11.8 Å². The van der Waals surface area contributed by atoms with E-state index in [0.29, 0.717) is 11.4 Å². The first kappa shape index (κ1) is 21.0. The average Bonchev–Trinajstić information content (AvgIpc) is 2.66. The lowest BCUT2D eigenvalue weighted by Crippen LogP contribution is -2.41. The summed E-state index contributed by atoms with van der Waals surface area (Å²) in [6.45, 7) is 5.33. The summed E-state index contributed by atoms with van der Waals surface area (Å²) in [7, 11) is 0. The van der Waals surface area contributed by atoms with Gasteiger partial charge in [0.25, 0.3) is 5.91 Å². The van der Waals surface area contributed by atoms with Gasteiger partial charge in [0.1, 0.15) is 5.75 Å². The van der Waals surface area contributed by atoms with Crippen LogP contribution >= 0.6 is 0 Å². The van der Waals surface area contributed by atoms with Crippen molar-refractivity contribution in [1.82, 2.24) is 0 Å². The number of amides is 1. The Labute approximate surface area is 165 Å². The Morgan fingerprint density at radius 3 is 2.36 bits per heavy atom. The van der Waals surface area contributed by atoms with Crippen LogP contribution in [0, 0.1) is 25.2 Å². The molecule has 0 saturated carbocycles. The minimum absolute atomic E-state index is 0.178. The molecule has 0 radical (unpaired) electrons. The largest absolute Gasteiger partial charge is 0.482 e. The predicted molar refractivity (Wildman–Crippen MR) is 106 cm³/mol. The summed E-state index contributed by atoms with van der Waals surface area (Å²) < 4.78 is 10.7. The number of carbonyl (C=O) groups is 2. The van der Waals surface area contributed by atoms with Gasteiger partial charge in [-0.05, 0) is 56.2 Å². The van der Waals surface area contributed by atoms with E-state index < -0.39 is 12.1 Å². The molecule has 0 aromatic heterocycles. The zero-order chi connectivity index (χ0) is 20.5. The quantitative estimate of drug-likeness (QED) is 0.654. The third-order valence-electron chi connectivity index (χ3n) is 3.99. The van der Waals surface area contributed by atoms with E-state index in [9.17, 15) is 9.59 Å². The molecule has 2 rings (SSSR count). The molecule has 0 spiro atoms. The summed E-state index contributed by atoms with van der Waals surface area (Å²) in [4.78, 5) is 26.3. The molecule has 2 aromatic carbocycles. The minimum Gasteiger partial charge on any atom is -0.482 e. The van der Waals surface area contributed by atoms with Crippen molar-refractivity contribution in [2.24, 2.45) is 0 Å².